The summed E-state index contributed by atoms with van der Waals surface area (Å²) in [4.78, 5) is 25.3. The van der Waals surface area contributed by atoms with Crippen molar-refractivity contribution in [1.29, 1.82) is 0 Å². The first kappa shape index (κ1) is 15.0. The van der Waals surface area contributed by atoms with E-state index in [0.29, 0.717) is 32.5 Å². The number of hydrogen-bond acceptors (Lipinski definition) is 4. The normalized spacial score (nSPS) is 18.5. The lowest BCUT2D eigenvalue weighted by Gasteiger charge is -2.32. The van der Waals surface area contributed by atoms with Gasteiger partial charge in [-0.05, 0) is 26.2 Å². The van der Waals surface area contributed by atoms with Crippen molar-refractivity contribution in [1.82, 2.24) is 4.90 Å². The van der Waals surface area contributed by atoms with Gasteiger partial charge >= 0.3 is 5.97 Å². The Morgan fingerprint density at radius 2 is 1.94 bits per heavy atom. The molecule has 0 bridgehead atoms. The van der Waals surface area contributed by atoms with Crippen molar-refractivity contribution in [2.75, 3.05) is 19.7 Å². The predicted molar refractivity (Wildman–Crippen MR) is 68.8 cm³/mol. The van der Waals surface area contributed by atoms with Crippen LogP contribution in [0.4, 0.5) is 0 Å². The molecule has 0 radical (unpaired) electrons. The molecule has 1 aliphatic rings. The summed E-state index contributed by atoms with van der Waals surface area (Å²) in [6.07, 6.45) is 3.00. The first-order valence-electron chi connectivity index (χ1n) is 6.81. The Morgan fingerprint density at radius 3 is 2.44 bits per heavy atom. The standard InChI is InChI=1S/C13H24N2O3/c1-3-5-11(14)12(16)15-8-6-10(7-9-15)13(17)18-4-2/h10-11H,3-9,14H2,1-2H3/t11-/m0/s1. The first-order chi connectivity index (χ1) is 8.60. The lowest BCUT2D eigenvalue weighted by molar-refractivity contribution is -0.151. The highest BCUT2D eigenvalue weighted by atomic mass is 16.5. The molecule has 0 unspecified atom stereocenters. The lowest BCUT2D eigenvalue weighted by atomic mass is 9.96. The average molecular weight is 256 g/mol. The first-order valence-corrected chi connectivity index (χ1v) is 6.81. The molecule has 0 aromatic carbocycles. The summed E-state index contributed by atoms with van der Waals surface area (Å²) >= 11 is 0. The van der Waals surface area contributed by atoms with E-state index < -0.39 is 6.04 Å². The van der Waals surface area contributed by atoms with Crippen molar-refractivity contribution in [2.24, 2.45) is 11.7 Å². The number of esters is 1. The van der Waals surface area contributed by atoms with Crippen molar-refractivity contribution < 1.29 is 14.3 Å². The molecule has 0 saturated carbocycles. The van der Waals surface area contributed by atoms with E-state index in [0.717, 1.165) is 12.8 Å². The smallest absolute Gasteiger partial charge is 0.309 e. The summed E-state index contributed by atoms with van der Waals surface area (Å²) < 4.78 is 5.00. The van der Waals surface area contributed by atoms with Crippen LogP contribution >= 0.6 is 0 Å². The number of nitrogens with two attached hydrogens (primary N) is 1. The maximum Gasteiger partial charge on any atom is 0.309 e. The van der Waals surface area contributed by atoms with Crippen molar-refractivity contribution in [2.45, 2.75) is 45.6 Å². The van der Waals surface area contributed by atoms with Gasteiger partial charge in [0.05, 0.1) is 18.6 Å². The van der Waals surface area contributed by atoms with E-state index in [2.05, 4.69) is 0 Å². The van der Waals surface area contributed by atoms with Crippen LogP contribution in [0.5, 0.6) is 0 Å². The second-order valence-corrected chi connectivity index (χ2v) is 4.75. The Morgan fingerprint density at radius 1 is 1.33 bits per heavy atom. The highest BCUT2D eigenvalue weighted by molar-refractivity contribution is 5.82. The van der Waals surface area contributed by atoms with Gasteiger partial charge in [0.15, 0.2) is 0 Å². The van der Waals surface area contributed by atoms with E-state index in [-0.39, 0.29) is 17.8 Å². The van der Waals surface area contributed by atoms with E-state index in [9.17, 15) is 9.59 Å². The van der Waals surface area contributed by atoms with Crippen molar-refractivity contribution in [3.63, 3.8) is 0 Å². The van der Waals surface area contributed by atoms with Crippen LogP contribution in [0.15, 0.2) is 0 Å². The summed E-state index contributed by atoms with van der Waals surface area (Å²) in [6, 6.07) is -0.394. The van der Waals surface area contributed by atoms with E-state index in [4.69, 9.17) is 10.5 Å². The Hall–Kier alpha value is -1.10. The third-order valence-corrected chi connectivity index (χ3v) is 3.34. The van der Waals surface area contributed by atoms with Crippen LogP contribution in [0.3, 0.4) is 0 Å². The Balaban J connectivity index is 2.39. The number of likely N-dealkylation sites (tertiary alicyclic amines) is 1. The second-order valence-electron chi connectivity index (χ2n) is 4.75. The molecule has 0 spiro atoms. The van der Waals surface area contributed by atoms with Gasteiger partial charge in [-0.2, -0.15) is 0 Å². The molecule has 1 heterocycles. The number of hydrogen-bond donors (Lipinski definition) is 1. The minimum atomic E-state index is -0.394. The molecule has 1 fully saturated rings. The fourth-order valence-corrected chi connectivity index (χ4v) is 2.26. The Bertz CT molecular complexity index is 286. The number of carbonyl (C=O) groups excluding carboxylic acids is 2. The molecule has 1 amide bonds. The van der Waals surface area contributed by atoms with Gasteiger partial charge in [-0.25, -0.2) is 0 Å². The third-order valence-electron chi connectivity index (χ3n) is 3.34. The van der Waals surface area contributed by atoms with Crippen LogP contribution in [0.2, 0.25) is 0 Å². The monoisotopic (exact) mass is 256 g/mol. The molecule has 104 valence electrons. The molecule has 18 heavy (non-hydrogen) atoms. The van der Waals surface area contributed by atoms with Crippen LogP contribution in [0, 0.1) is 5.92 Å². The molecule has 1 saturated heterocycles. The minimum absolute atomic E-state index is 0.0131. The second kappa shape index (κ2) is 7.36. The van der Waals surface area contributed by atoms with E-state index in [1.54, 1.807) is 11.8 Å². The quantitative estimate of drug-likeness (QED) is 0.742. The van der Waals surface area contributed by atoms with Gasteiger partial charge < -0.3 is 15.4 Å². The lowest BCUT2D eigenvalue weighted by Crippen LogP contribution is -2.48. The zero-order valence-electron chi connectivity index (χ0n) is 11.4. The number of nitrogens with zero attached hydrogens (tertiary/aromatic N) is 1. The maximum atomic E-state index is 12.0. The SMILES string of the molecule is CCC[C@H](N)C(=O)N1CCC(C(=O)OCC)CC1. The van der Waals surface area contributed by atoms with E-state index >= 15 is 0 Å². The van der Waals surface area contributed by atoms with Gasteiger partial charge in [-0.15, -0.1) is 0 Å². The van der Waals surface area contributed by atoms with Gasteiger partial charge in [-0.3, -0.25) is 9.59 Å². The van der Waals surface area contributed by atoms with Crippen LogP contribution in [0.25, 0.3) is 0 Å². The Kier molecular flexibility index (Phi) is 6.12. The van der Waals surface area contributed by atoms with Gasteiger partial charge in [-0.1, -0.05) is 13.3 Å². The largest absolute Gasteiger partial charge is 0.466 e. The fourth-order valence-electron chi connectivity index (χ4n) is 2.26. The van der Waals surface area contributed by atoms with Crippen molar-refractivity contribution in [3.05, 3.63) is 0 Å². The van der Waals surface area contributed by atoms with Crippen molar-refractivity contribution in [3.8, 4) is 0 Å². The molecular weight excluding hydrogens is 232 g/mol. The summed E-state index contributed by atoms with van der Waals surface area (Å²) in [5.74, 6) is -0.182. The topological polar surface area (TPSA) is 72.6 Å². The van der Waals surface area contributed by atoms with Gasteiger partial charge in [0.2, 0.25) is 5.91 Å². The van der Waals surface area contributed by atoms with Crippen LogP contribution in [-0.2, 0) is 14.3 Å². The number of ether oxygens (including phenoxy) is 1. The van der Waals surface area contributed by atoms with Gasteiger partial charge in [0, 0.05) is 13.1 Å². The molecule has 0 aromatic heterocycles. The summed E-state index contributed by atoms with van der Waals surface area (Å²) in [6.45, 7) is 5.46. The third kappa shape index (κ3) is 3.98. The maximum absolute atomic E-state index is 12.0. The zero-order valence-corrected chi connectivity index (χ0v) is 11.4. The molecule has 5 heteroatoms. The molecular formula is C13H24N2O3. The van der Waals surface area contributed by atoms with Crippen molar-refractivity contribution >= 4 is 11.9 Å². The fraction of sp³-hybridized carbons (Fsp3) is 0.846. The summed E-state index contributed by atoms with van der Waals surface area (Å²) in [5.41, 5.74) is 5.82. The average Bonchev–Trinajstić information content (AvgIpc) is 2.38. The number of rotatable bonds is 5. The van der Waals surface area contributed by atoms with E-state index in [1.165, 1.54) is 0 Å². The number of amides is 1. The highest BCUT2D eigenvalue weighted by Crippen LogP contribution is 2.19. The molecule has 1 aliphatic heterocycles. The molecule has 5 nitrogen and oxygen atoms in total. The van der Waals surface area contributed by atoms with Crippen LogP contribution < -0.4 is 5.73 Å². The molecule has 1 atom stereocenters. The van der Waals surface area contributed by atoms with Crippen LogP contribution in [-0.4, -0.2) is 42.5 Å². The summed E-state index contributed by atoms with van der Waals surface area (Å²) in [5, 5.41) is 0. The molecule has 0 aliphatic carbocycles. The molecule has 2 N–H and O–H groups in total. The van der Waals surface area contributed by atoms with Crippen LogP contribution in [0.1, 0.15) is 39.5 Å². The highest BCUT2D eigenvalue weighted by Gasteiger charge is 2.29. The molecule has 1 rings (SSSR count). The summed E-state index contributed by atoms with van der Waals surface area (Å²) in [7, 11) is 0. The Labute approximate surface area is 109 Å². The number of carbonyl (C=O) groups is 2. The zero-order chi connectivity index (χ0) is 13.5. The molecule has 0 aromatic rings. The van der Waals surface area contributed by atoms with Gasteiger partial charge in [0.25, 0.3) is 0 Å². The van der Waals surface area contributed by atoms with E-state index in [1.807, 2.05) is 6.92 Å². The number of piperidine rings is 1. The van der Waals surface area contributed by atoms with Gasteiger partial charge in [0.1, 0.15) is 0 Å². The predicted octanol–water partition coefficient (Wildman–Crippen LogP) is 0.915. The minimum Gasteiger partial charge on any atom is -0.466 e.